The Morgan fingerprint density at radius 3 is 3.00 bits per heavy atom. The molecule has 5 heteroatoms. The summed E-state index contributed by atoms with van der Waals surface area (Å²) in [5.41, 5.74) is 0.792. The molecule has 1 heterocycles. The average Bonchev–Trinajstić information content (AvgIpc) is 2.66. The Morgan fingerprint density at radius 2 is 2.50 bits per heavy atom. The molecule has 0 fully saturated rings. The SMILES string of the molecule is CCOC(=O)/C(Cc1ccc[nH]1)=N\O. The topological polar surface area (TPSA) is 74.7 Å². The molecular weight excluding hydrogens is 184 g/mol. The molecule has 14 heavy (non-hydrogen) atoms. The van der Waals surface area contributed by atoms with Crippen molar-refractivity contribution in [3.63, 3.8) is 0 Å². The van der Waals surface area contributed by atoms with Gasteiger partial charge in [0, 0.05) is 18.3 Å². The average molecular weight is 196 g/mol. The molecule has 1 aromatic rings. The summed E-state index contributed by atoms with van der Waals surface area (Å²) in [5, 5.41) is 11.5. The third-order valence-corrected chi connectivity index (χ3v) is 1.65. The van der Waals surface area contributed by atoms with Crippen molar-refractivity contribution in [2.75, 3.05) is 6.61 Å². The summed E-state index contributed by atoms with van der Waals surface area (Å²) in [4.78, 5) is 14.1. The lowest BCUT2D eigenvalue weighted by Gasteiger charge is -2.02. The van der Waals surface area contributed by atoms with Crippen LogP contribution in [0.2, 0.25) is 0 Å². The smallest absolute Gasteiger partial charge is 0.356 e. The largest absolute Gasteiger partial charge is 0.461 e. The van der Waals surface area contributed by atoms with E-state index >= 15 is 0 Å². The van der Waals surface area contributed by atoms with Crippen LogP contribution in [0.4, 0.5) is 0 Å². The highest BCUT2D eigenvalue weighted by Gasteiger charge is 2.14. The van der Waals surface area contributed by atoms with Crippen LogP contribution in [0.25, 0.3) is 0 Å². The summed E-state index contributed by atoms with van der Waals surface area (Å²) >= 11 is 0. The normalized spacial score (nSPS) is 11.4. The summed E-state index contributed by atoms with van der Waals surface area (Å²) in [5.74, 6) is -0.593. The van der Waals surface area contributed by atoms with Crippen molar-refractivity contribution in [3.8, 4) is 0 Å². The molecule has 2 N–H and O–H groups in total. The molecule has 0 saturated heterocycles. The van der Waals surface area contributed by atoms with Crippen molar-refractivity contribution >= 4 is 11.7 Å². The van der Waals surface area contributed by atoms with Gasteiger partial charge >= 0.3 is 5.97 Å². The van der Waals surface area contributed by atoms with Gasteiger partial charge in [0.2, 0.25) is 0 Å². The number of carbonyl (C=O) groups is 1. The van der Waals surface area contributed by atoms with Crippen molar-refractivity contribution < 1.29 is 14.7 Å². The lowest BCUT2D eigenvalue weighted by molar-refractivity contribution is -0.135. The maximum absolute atomic E-state index is 11.2. The van der Waals surface area contributed by atoms with E-state index in [-0.39, 0.29) is 18.7 Å². The van der Waals surface area contributed by atoms with Gasteiger partial charge in [0.25, 0.3) is 0 Å². The molecule has 0 aliphatic carbocycles. The second-order valence-electron chi connectivity index (χ2n) is 2.64. The number of nitrogens with zero attached hydrogens (tertiary/aromatic N) is 1. The number of hydrogen-bond acceptors (Lipinski definition) is 4. The summed E-state index contributed by atoms with van der Waals surface area (Å²) in [6.45, 7) is 1.96. The molecular formula is C9H12N2O3. The van der Waals surface area contributed by atoms with Crippen molar-refractivity contribution in [2.45, 2.75) is 13.3 Å². The van der Waals surface area contributed by atoms with Gasteiger partial charge in [0.05, 0.1) is 6.61 Å². The highest BCUT2D eigenvalue weighted by molar-refractivity contribution is 6.36. The molecule has 0 radical (unpaired) electrons. The van der Waals surface area contributed by atoms with E-state index in [0.717, 1.165) is 5.69 Å². The molecule has 0 aliphatic heterocycles. The quantitative estimate of drug-likeness (QED) is 0.326. The van der Waals surface area contributed by atoms with Crippen molar-refractivity contribution in [1.82, 2.24) is 4.98 Å². The zero-order valence-corrected chi connectivity index (χ0v) is 7.86. The highest BCUT2D eigenvalue weighted by Crippen LogP contribution is 1.99. The van der Waals surface area contributed by atoms with Crippen LogP contribution < -0.4 is 0 Å². The minimum absolute atomic E-state index is 0.00528. The zero-order chi connectivity index (χ0) is 10.4. The maximum Gasteiger partial charge on any atom is 0.356 e. The summed E-state index contributed by atoms with van der Waals surface area (Å²) < 4.78 is 4.70. The first kappa shape index (κ1) is 10.3. The minimum atomic E-state index is -0.593. The number of ether oxygens (including phenoxy) is 1. The van der Waals surface area contributed by atoms with E-state index in [1.807, 2.05) is 0 Å². The Bertz CT molecular complexity index is 317. The van der Waals surface area contributed by atoms with E-state index in [2.05, 4.69) is 10.1 Å². The fourth-order valence-electron chi connectivity index (χ4n) is 1.02. The molecule has 0 aliphatic rings. The first-order valence-electron chi connectivity index (χ1n) is 4.28. The van der Waals surface area contributed by atoms with Gasteiger partial charge in [0.15, 0.2) is 5.71 Å². The van der Waals surface area contributed by atoms with Crippen molar-refractivity contribution in [1.29, 1.82) is 0 Å². The molecule has 0 saturated carbocycles. The number of oxime groups is 1. The zero-order valence-electron chi connectivity index (χ0n) is 7.86. The van der Waals surface area contributed by atoms with Crippen molar-refractivity contribution in [3.05, 3.63) is 24.0 Å². The van der Waals surface area contributed by atoms with Gasteiger partial charge < -0.3 is 14.9 Å². The molecule has 0 amide bonds. The van der Waals surface area contributed by atoms with E-state index in [4.69, 9.17) is 9.94 Å². The maximum atomic E-state index is 11.2. The Labute approximate surface area is 81.4 Å². The van der Waals surface area contributed by atoms with E-state index in [9.17, 15) is 4.79 Å². The van der Waals surface area contributed by atoms with Gasteiger partial charge in [-0.15, -0.1) is 0 Å². The van der Waals surface area contributed by atoms with Gasteiger partial charge in [-0.3, -0.25) is 0 Å². The van der Waals surface area contributed by atoms with Crippen molar-refractivity contribution in [2.24, 2.45) is 5.16 Å². The molecule has 76 valence electrons. The monoisotopic (exact) mass is 196 g/mol. The lowest BCUT2D eigenvalue weighted by atomic mass is 10.2. The number of aromatic amines is 1. The molecule has 0 spiro atoms. The van der Waals surface area contributed by atoms with Crippen LogP contribution in [0.1, 0.15) is 12.6 Å². The second-order valence-corrected chi connectivity index (χ2v) is 2.64. The van der Waals surface area contributed by atoms with Crippen LogP contribution in [0.15, 0.2) is 23.5 Å². The second kappa shape index (κ2) is 5.06. The van der Waals surface area contributed by atoms with E-state index in [0.29, 0.717) is 0 Å². The Kier molecular flexibility index (Phi) is 3.72. The van der Waals surface area contributed by atoms with Crippen LogP contribution in [0.3, 0.4) is 0 Å². The molecule has 5 nitrogen and oxygen atoms in total. The number of rotatable bonds is 4. The summed E-state index contributed by atoms with van der Waals surface area (Å²) in [6, 6.07) is 3.60. The first-order valence-corrected chi connectivity index (χ1v) is 4.28. The molecule has 0 unspecified atom stereocenters. The first-order chi connectivity index (χ1) is 6.77. The van der Waals surface area contributed by atoms with E-state index < -0.39 is 5.97 Å². The Morgan fingerprint density at radius 1 is 1.71 bits per heavy atom. The third-order valence-electron chi connectivity index (χ3n) is 1.65. The predicted molar refractivity (Wildman–Crippen MR) is 50.4 cm³/mol. The molecule has 0 atom stereocenters. The van der Waals surface area contributed by atoms with E-state index in [1.54, 1.807) is 25.3 Å². The standard InChI is InChI=1S/C9H12N2O3/c1-2-14-9(12)8(11-13)6-7-4-3-5-10-7/h3-5,10,13H,2,6H2,1H3/b11-8-. The van der Waals surface area contributed by atoms with Gasteiger partial charge in [-0.1, -0.05) is 5.16 Å². The van der Waals surface area contributed by atoms with E-state index in [1.165, 1.54) is 0 Å². The molecule has 0 aromatic carbocycles. The molecule has 1 rings (SSSR count). The van der Waals surface area contributed by atoms with Crippen LogP contribution in [-0.4, -0.2) is 28.5 Å². The fourth-order valence-corrected chi connectivity index (χ4v) is 1.02. The van der Waals surface area contributed by atoms with Crippen LogP contribution in [-0.2, 0) is 16.0 Å². The number of esters is 1. The third kappa shape index (κ3) is 2.62. The number of H-pyrrole nitrogens is 1. The molecule has 1 aromatic heterocycles. The number of aromatic nitrogens is 1. The Hall–Kier alpha value is -1.78. The molecule has 0 bridgehead atoms. The minimum Gasteiger partial charge on any atom is -0.461 e. The predicted octanol–water partition coefficient (Wildman–Crippen LogP) is 0.951. The Balaban J connectivity index is 2.61. The van der Waals surface area contributed by atoms with Gasteiger partial charge in [-0.2, -0.15) is 0 Å². The van der Waals surface area contributed by atoms with Gasteiger partial charge in [-0.25, -0.2) is 4.79 Å². The summed E-state index contributed by atoms with van der Waals surface area (Å²) in [7, 11) is 0. The number of hydrogen-bond donors (Lipinski definition) is 2. The number of nitrogens with one attached hydrogen (secondary N) is 1. The fraction of sp³-hybridized carbons (Fsp3) is 0.333. The van der Waals surface area contributed by atoms with Gasteiger partial charge in [0.1, 0.15) is 0 Å². The lowest BCUT2D eigenvalue weighted by Crippen LogP contribution is -2.20. The highest BCUT2D eigenvalue weighted by atomic mass is 16.5. The van der Waals surface area contributed by atoms with Crippen LogP contribution in [0.5, 0.6) is 0 Å². The van der Waals surface area contributed by atoms with Gasteiger partial charge in [-0.05, 0) is 19.1 Å². The number of carbonyl (C=O) groups excluding carboxylic acids is 1. The van der Waals surface area contributed by atoms with Crippen LogP contribution in [0, 0.1) is 0 Å². The van der Waals surface area contributed by atoms with Crippen LogP contribution >= 0.6 is 0 Å². The summed E-state index contributed by atoms with van der Waals surface area (Å²) in [6.07, 6.45) is 1.97.